The van der Waals surface area contributed by atoms with Crippen LogP contribution in [0.5, 0.6) is 5.75 Å². The fraction of sp³-hybridized carbons (Fsp3) is 0.167. The van der Waals surface area contributed by atoms with E-state index in [4.69, 9.17) is 16.3 Å². The summed E-state index contributed by atoms with van der Waals surface area (Å²) in [6.07, 6.45) is 0. The summed E-state index contributed by atoms with van der Waals surface area (Å²) in [5.74, 6) is 0.909. The first-order chi connectivity index (χ1) is 7.33. The molecule has 0 aliphatic heterocycles. The van der Waals surface area contributed by atoms with Gasteiger partial charge < -0.3 is 4.74 Å². The number of ether oxygens (including phenoxy) is 1. The van der Waals surface area contributed by atoms with E-state index in [0.717, 1.165) is 32.6 Å². The molecule has 0 fully saturated rings. The van der Waals surface area contributed by atoms with Gasteiger partial charge in [0.15, 0.2) is 0 Å². The lowest BCUT2D eigenvalue weighted by Gasteiger charge is -2.08. The van der Waals surface area contributed by atoms with Crippen LogP contribution in [-0.4, -0.2) is 11.0 Å². The minimum absolute atomic E-state index is 0.728. The molecule has 0 saturated heterocycles. The number of alkyl halides is 1. The summed E-state index contributed by atoms with van der Waals surface area (Å²) < 4.78 is 6.64. The summed E-state index contributed by atoms with van der Waals surface area (Å²) >= 11 is 8.40. The first-order valence-electron chi connectivity index (χ1n) is 4.69. The fourth-order valence-electron chi connectivity index (χ4n) is 1.51. The Morgan fingerprint density at radius 3 is 2.53 bits per heavy atom. The van der Waals surface area contributed by atoms with Crippen LogP contribution >= 0.6 is 34.2 Å². The molecule has 2 aromatic rings. The van der Waals surface area contributed by atoms with Gasteiger partial charge in [-0.2, -0.15) is 0 Å². The van der Waals surface area contributed by atoms with Crippen molar-refractivity contribution in [3.63, 3.8) is 0 Å². The highest BCUT2D eigenvalue weighted by Crippen LogP contribution is 2.31. The minimum atomic E-state index is 0.728. The maximum absolute atomic E-state index is 6.11. The van der Waals surface area contributed by atoms with Gasteiger partial charge in [-0.25, -0.2) is 0 Å². The quantitative estimate of drug-likeness (QED) is 0.601. The molecule has 78 valence electrons. The molecule has 2 rings (SSSR count). The van der Waals surface area contributed by atoms with Crippen molar-refractivity contribution < 1.29 is 4.74 Å². The molecule has 3 heteroatoms. The van der Waals surface area contributed by atoms with Crippen LogP contribution in [0.2, 0.25) is 5.02 Å². The Kier molecular flexibility index (Phi) is 3.70. The maximum atomic E-state index is 6.11. The standard InChI is InChI=1S/C12H10ClIO/c13-11-5-6-12(15-8-7-14)10-4-2-1-3-9(10)11/h1-6H,7-8H2. The Balaban J connectivity index is 2.51. The Morgan fingerprint density at radius 1 is 1.07 bits per heavy atom. The average Bonchev–Trinajstić information content (AvgIpc) is 2.29. The number of benzene rings is 2. The molecule has 0 aliphatic rings. The highest BCUT2D eigenvalue weighted by molar-refractivity contribution is 14.1. The first-order valence-corrected chi connectivity index (χ1v) is 6.59. The van der Waals surface area contributed by atoms with Crippen LogP contribution in [-0.2, 0) is 0 Å². The highest BCUT2D eigenvalue weighted by Gasteiger charge is 2.04. The molecule has 2 aromatic carbocycles. The number of hydrogen-bond acceptors (Lipinski definition) is 1. The molecule has 0 aliphatic carbocycles. The predicted molar refractivity (Wildman–Crippen MR) is 73.3 cm³/mol. The Bertz CT molecular complexity index is 470. The van der Waals surface area contributed by atoms with Crippen LogP contribution in [0.15, 0.2) is 36.4 Å². The van der Waals surface area contributed by atoms with Crippen LogP contribution < -0.4 is 4.74 Å². The third kappa shape index (κ3) is 2.37. The smallest absolute Gasteiger partial charge is 0.127 e. The SMILES string of the molecule is Clc1ccc(OCCI)c2ccccc12. The van der Waals surface area contributed by atoms with Crippen molar-refractivity contribution in [2.45, 2.75) is 0 Å². The molecule has 0 unspecified atom stereocenters. The van der Waals surface area contributed by atoms with Crippen LogP contribution in [0.1, 0.15) is 0 Å². The van der Waals surface area contributed by atoms with Gasteiger partial charge in [0.1, 0.15) is 5.75 Å². The van der Waals surface area contributed by atoms with Crippen molar-refractivity contribution in [3.8, 4) is 5.75 Å². The van der Waals surface area contributed by atoms with Crippen LogP contribution in [0, 0.1) is 0 Å². The van der Waals surface area contributed by atoms with Gasteiger partial charge in [-0.15, -0.1) is 0 Å². The number of hydrogen-bond donors (Lipinski definition) is 0. The van der Waals surface area contributed by atoms with E-state index < -0.39 is 0 Å². The zero-order valence-electron chi connectivity index (χ0n) is 8.04. The lowest BCUT2D eigenvalue weighted by atomic mass is 10.1. The molecular formula is C12H10ClIO. The summed E-state index contributed by atoms with van der Waals surface area (Å²) in [5, 5.41) is 2.90. The van der Waals surface area contributed by atoms with Gasteiger partial charge in [-0.1, -0.05) is 58.5 Å². The zero-order valence-corrected chi connectivity index (χ0v) is 11.0. The third-order valence-corrected chi connectivity index (χ3v) is 2.94. The van der Waals surface area contributed by atoms with Crippen molar-refractivity contribution in [1.82, 2.24) is 0 Å². The number of halogens is 2. The molecule has 0 aromatic heterocycles. The first kappa shape index (κ1) is 11.0. The van der Waals surface area contributed by atoms with Gasteiger partial charge in [0.05, 0.1) is 6.61 Å². The molecule has 0 atom stereocenters. The monoisotopic (exact) mass is 332 g/mol. The van der Waals surface area contributed by atoms with Gasteiger partial charge in [0.2, 0.25) is 0 Å². The van der Waals surface area contributed by atoms with Gasteiger partial charge in [-0.05, 0) is 12.1 Å². The molecular weight excluding hydrogens is 322 g/mol. The molecule has 0 radical (unpaired) electrons. The molecule has 0 saturated carbocycles. The van der Waals surface area contributed by atoms with Crippen LogP contribution in [0.25, 0.3) is 10.8 Å². The highest BCUT2D eigenvalue weighted by atomic mass is 127. The largest absolute Gasteiger partial charge is 0.492 e. The van der Waals surface area contributed by atoms with Gasteiger partial charge in [0, 0.05) is 20.2 Å². The zero-order chi connectivity index (χ0) is 10.7. The summed E-state index contributed by atoms with van der Waals surface area (Å²) in [6.45, 7) is 0.728. The molecule has 0 heterocycles. The summed E-state index contributed by atoms with van der Waals surface area (Å²) in [6, 6.07) is 11.8. The summed E-state index contributed by atoms with van der Waals surface area (Å²) in [7, 11) is 0. The second-order valence-corrected chi connectivity index (χ2v) is 4.61. The van der Waals surface area contributed by atoms with Crippen molar-refractivity contribution in [3.05, 3.63) is 41.4 Å². The van der Waals surface area contributed by atoms with E-state index in [1.165, 1.54) is 0 Å². The third-order valence-electron chi connectivity index (χ3n) is 2.17. The normalized spacial score (nSPS) is 10.5. The van der Waals surface area contributed by atoms with E-state index in [1.807, 2.05) is 36.4 Å². The second kappa shape index (κ2) is 5.03. The molecule has 0 N–H and O–H groups in total. The molecule has 1 nitrogen and oxygen atoms in total. The van der Waals surface area contributed by atoms with Gasteiger partial charge in [0.25, 0.3) is 0 Å². The number of fused-ring (bicyclic) bond motifs is 1. The van der Waals surface area contributed by atoms with Crippen molar-refractivity contribution >= 4 is 45.0 Å². The Morgan fingerprint density at radius 2 is 1.80 bits per heavy atom. The van der Waals surface area contributed by atoms with E-state index in [1.54, 1.807) is 0 Å². The molecule has 0 amide bonds. The van der Waals surface area contributed by atoms with Crippen LogP contribution in [0.4, 0.5) is 0 Å². The van der Waals surface area contributed by atoms with E-state index >= 15 is 0 Å². The van der Waals surface area contributed by atoms with E-state index in [9.17, 15) is 0 Å². The molecule has 0 bridgehead atoms. The number of rotatable bonds is 3. The topological polar surface area (TPSA) is 9.23 Å². The predicted octanol–water partition coefficient (Wildman–Crippen LogP) is 4.31. The fourth-order valence-corrected chi connectivity index (χ4v) is 1.96. The van der Waals surface area contributed by atoms with E-state index in [0.29, 0.717) is 0 Å². The second-order valence-electron chi connectivity index (χ2n) is 3.13. The van der Waals surface area contributed by atoms with Crippen LogP contribution in [0.3, 0.4) is 0 Å². The van der Waals surface area contributed by atoms with E-state index in [2.05, 4.69) is 22.6 Å². The summed E-state index contributed by atoms with van der Waals surface area (Å²) in [5.41, 5.74) is 0. The Labute approximate surface area is 108 Å². The lowest BCUT2D eigenvalue weighted by molar-refractivity contribution is 0.350. The minimum Gasteiger partial charge on any atom is -0.492 e. The summed E-state index contributed by atoms with van der Waals surface area (Å²) in [4.78, 5) is 0. The Hall–Kier alpha value is -0.480. The van der Waals surface area contributed by atoms with Gasteiger partial charge in [-0.3, -0.25) is 0 Å². The van der Waals surface area contributed by atoms with Gasteiger partial charge >= 0.3 is 0 Å². The lowest BCUT2D eigenvalue weighted by Crippen LogP contribution is -1.98. The average molecular weight is 333 g/mol. The molecule has 15 heavy (non-hydrogen) atoms. The van der Waals surface area contributed by atoms with E-state index in [-0.39, 0.29) is 0 Å². The van der Waals surface area contributed by atoms with Crippen molar-refractivity contribution in [1.29, 1.82) is 0 Å². The maximum Gasteiger partial charge on any atom is 0.127 e. The molecule has 0 spiro atoms. The van der Waals surface area contributed by atoms with Crippen molar-refractivity contribution in [2.24, 2.45) is 0 Å². The van der Waals surface area contributed by atoms with Crippen molar-refractivity contribution in [2.75, 3.05) is 11.0 Å².